The fraction of sp³-hybridized carbons (Fsp3) is 0.118. The van der Waals surface area contributed by atoms with E-state index in [-0.39, 0.29) is 12.4 Å². The molecule has 0 saturated carbocycles. The molecule has 3 N–H and O–H groups in total. The Bertz CT molecular complexity index is 1020. The summed E-state index contributed by atoms with van der Waals surface area (Å²) in [6, 6.07) is 8.53. The number of nitrogens with zero attached hydrogens (tertiary/aromatic N) is 1. The van der Waals surface area contributed by atoms with E-state index in [1.165, 1.54) is 12.3 Å². The Morgan fingerprint density at radius 2 is 2.08 bits per heavy atom. The van der Waals surface area contributed by atoms with Crippen molar-refractivity contribution in [2.45, 2.75) is 6.92 Å². The molecular weight excluding hydrogens is 324 g/mol. The van der Waals surface area contributed by atoms with Gasteiger partial charge in [0.05, 0.1) is 0 Å². The number of benzene rings is 1. The molecule has 2 aromatic heterocycles. The largest absolute Gasteiger partial charge is 0.454 e. The Morgan fingerprint density at radius 1 is 1.24 bits per heavy atom. The van der Waals surface area contributed by atoms with Crippen LogP contribution in [0.2, 0.25) is 0 Å². The highest BCUT2D eigenvalue weighted by Gasteiger charge is 2.20. The van der Waals surface area contributed by atoms with E-state index in [2.05, 4.69) is 20.5 Å². The minimum atomic E-state index is -0.532. The predicted octanol–water partition coefficient (Wildman–Crippen LogP) is 2.05. The Labute approximate surface area is 141 Å². The van der Waals surface area contributed by atoms with Crippen LogP contribution in [0, 0.1) is 6.92 Å². The molecule has 0 saturated heterocycles. The minimum absolute atomic E-state index is 0.0137. The van der Waals surface area contributed by atoms with Gasteiger partial charge in [-0.3, -0.25) is 14.7 Å². The molecule has 25 heavy (non-hydrogen) atoms. The van der Waals surface area contributed by atoms with Crippen molar-refractivity contribution >= 4 is 11.7 Å². The van der Waals surface area contributed by atoms with Crippen LogP contribution in [-0.4, -0.2) is 27.9 Å². The molecule has 0 aliphatic carbocycles. The molecule has 0 unspecified atom stereocenters. The maximum Gasteiger partial charge on any atom is 0.262 e. The molecule has 1 aliphatic rings. The normalized spacial score (nSPS) is 12.2. The molecule has 8 heteroatoms. The van der Waals surface area contributed by atoms with Crippen molar-refractivity contribution in [3.63, 3.8) is 0 Å². The van der Waals surface area contributed by atoms with Crippen molar-refractivity contribution in [2.75, 3.05) is 12.1 Å². The van der Waals surface area contributed by atoms with Crippen LogP contribution < -0.4 is 20.3 Å². The van der Waals surface area contributed by atoms with Gasteiger partial charge in [0, 0.05) is 17.5 Å². The van der Waals surface area contributed by atoms with Crippen molar-refractivity contribution in [2.24, 2.45) is 0 Å². The summed E-state index contributed by atoms with van der Waals surface area (Å²) >= 11 is 0. The molecule has 0 radical (unpaired) electrons. The van der Waals surface area contributed by atoms with E-state index in [0.29, 0.717) is 17.3 Å². The third-order valence-electron chi connectivity index (χ3n) is 3.90. The first-order valence-corrected chi connectivity index (χ1v) is 7.57. The van der Waals surface area contributed by atoms with Gasteiger partial charge >= 0.3 is 0 Å². The van der Waals surface area contributed by atoms with Crippen molar-refractivity contribution in [3.05, 3.63) is 58.1 Å². The maximum absolute atomic E-state index is 12.4. The average molecular weight is 338 g/mol. The Hall–Kier alpha value is -3.55. The number of amides is 1. The van der Waals surface area contributed by atoms with Crippen LogP contribution in [0.4, 0.5) is 5.82 Å². The quantitative estimate of drug-likeness (QED) is 0.677. The lowest BCUT2D eigenvalue weighted by Crippen LogP contribution is -2.22. The first kappa shape index (κ1) is 15.0. The van der Waals surface area contributed by atoms with Gasteiger partial charge in [-0.1, -0.05) is 6.07 Å². The van der Waals surface area contributed by atoms with Gasteiger partial charge in [0.2, 0.25) is 6.79 Å². The topological polar surface area (TPSA) is 109 Å². The number of hydrogen-bond acceptors (Lipinski definition) is 5. The Morgan fingerprint density at radius 3 is 2.92 bits per heavy atom. The fourth-order valence-electron chi connectivity index (χ4n) is 2.70. The van der Waals surface area contributed by atoms with Gasteiger partial charge in [-0.15, -0.1) is 0 Å². The Kier molecular flexibility index (Phi) is 3.50. The number of aryl methyl sites for hydroxylation is 1. The van der Waals surface area contributed by atoms with E-state index in [0.717, 1.165) is 16.8 Å². The third kappa shape index (κ3) is 2.63. The fourth-order valence-corrected chi connectivity index (χ4v) is 2.70. The Balaban J connectivity index is 1.70. The van der Waals surface area contributed by atoms with E-state index in [9.17, 15) is 9.59 Å². The van der Waals surface area contributed by atoms with Crippen molar-refractivity contribution in [1.29, 1.82) is 0 Å². The molecular formula is C17H14N4O4. The van der Waals surface area contributed by atoms with Crippen molar-refractivity contribution in [1.82, 2.24) is 15.2 Å². The van der Waals surface area contributed by atoms with E-state index >= 15 is 0 Å². The number of carbonyl (C=O) groups is 1. The number of H-pyrrole nitrogens is 2. The highest BCUT2D eigenvalue weighted by Crippen LogP contribution is 2.38. The number of hydrogen-bond donors (Lipinski definition) is 3. The van der Waals surface area contributed by atoms with Gasteiger partial charge in [-0.25, -0.2) is 0 Å². The second-order valence-electron chi connectivity index (χ2n) is 5.51. The zero-order valence-electron chi connectivity index (χ0n) is 13.3. The highest BCUT2D eigenvalue weighted by atomic mass is 16.7. The molecule has 1 aromatic carbocycles. The van der Waals surface area contributed by atoms with Gasteiger partial charge in [0.25, 0.3) is 11.5 Å². The van der Waals surface area contributed by atoms with Crippen LogP contribution in [0.25, 0.3) is 11.1 Å². The summed E-state index contributed by atoms with van der Waals surface area (Å²) in [5.41, 5.74) is 1.86. The first-order valence-electron chi connectivity index (χ1n) is 7.57. The van der Waals surface area contributed by atoms with E-state index in [1.54, 1.807) is 12.1 Å². The maximum atomic E-state index is 12.4. The van der Waals surface area contributed by atoms with E-state index < -0.39 is 11.5 Å². The first-order chi connectivity index (χ1) is 12.1. The van der Waals surface area contributed by atoms with Crippen LogP contribution in [0.1, 0.15) is 16.1 Å². The number of fused-ring (bicyclic) bond motifs is 1. The summed E-state index contributed by atoms with van der Waals surface area (Å²) in [4.78, 5) is 26.6. The predicted molar refractivity (Wildman–Crippen MR) is 89.9 cm³/mol. The number of pyridine rings is 1. The van der Waals surface area contributed by atoms with Gasteiger partial charge < -0.3 is 19.8 Å². The summed E-state index contributed by atoms with van der Waals surface area (Å²) in [7, 11) is 0. The van der Waals surface area contributed by atoms with Crippen LogP contribution in [0.5, 0.6) is 11.5 Å². The number of aromatic amines is 2. The lowest BCUT2D eigenvalue weighted by molar-refractivity contribution is 0.102. The van der Waals surface area contributed by atoms with E-state index in [4.69, 9.17) is 9.47 Å². The molecule has 3 heterocycles. The van der Waals surface area contributed by atoms with Gasteiger partial charge in [-0.05, 0) is 36.8 Å². The van der Waals surface area contributed by atoms with Crippen molar-refractivity contribution in [3.8, 4) is 22.6 Å². The SMILES string of the molecule is Cc1[nH]nc(NC(=O)c2ccc[nH]c2=O)c1-c1ccc2c(c1)OCO2. The summed E-state index contributed by atoms with van der Waals surface area (Å²) in [6.45, 7) is 2.03. The highest BCUT2D eigenvalue weighted by molar-refractivity contribution is 6.05. The molecule has 8 nitrogen and oxygen atoms in total. The number of carbonyl (C=O) groups excluding carboxylic acids is 1. The van der Waals surface area contributed by atoms with Gasteiger partial charge in [-0.2, -0.15) is 5.10 Å². The standard InChI is InChI=1S/C17H14N4O4/c1-9-14(10-4-5-12-13(7-10)25-8-24-12)15(21-20-9)19-17(23)11-3-2-6-18-16(11)22/h2-7H,8H2,1H3,(H,18,22)(H2,19,20,21,23). The second-order valence-corrected chi connectivity index (χ2v) is 5.51. The number of aromatic nitrogens is 3. The number of nitrogens with one attached hydrogen (secondary N) is 3. The lowest BCUT2D eigenvalue weighted by Gasteiger charge is -2.07. The van der Waals surface area contributed by atoms with Crippen LogP contribution in [0.15, 0.2) is 41.3 Å². The third-order valence-corrected chi connectivity index (χ3v) is 3.90. The summed E-state index contributed by atoms with van der Waals surface area (Å²) in [5.74, 6) is 1.11. The van der Waals surface area contributed by atoms with Gasteiger partial charge in [0.15, 0.2) is 17.3 Å². The molecule has 126 valence electrons. The molecule has 0 atom stereocenters. The zero-order chi connectivity index (χ0) is 17.4. The second kappa shape index (κ2) is 5.82. The molecule has 1 amide bonds. The van der Waals surface area contributed by atoms with Crippen LogP contribution >= 0.6 is 0 Å². The smallest absolute Gasteiger partial charge is 0.262 e. The minimum Gasteiger partial charge on any atom is -0.454 e. The average Bonchev–Trinajstić information content (AvgIpc) is 3.21. The lowest BCUT2D eigenvalue weighted by atomic mass is 10.0. The van der Waals surface area contributed by atoms with Crippen molar-refractivity contribution < 1.29 is 14.3 Å². The zero-order valence-corrected chi connectivity index (χ0v) is 13.3. The molecule has 0 spiro atoms. The summed E-state index contributed by atoms with van der Waals surface area (Å²) in [6.07, 6.45) is 1.47. The van der Waals surface area contributed by atoms with Gasteiger partial charge in [0.1, 0.15) is 5.56 Å². The molecule has 4 rings (SSSR count). The number of anilines is 1. The van der Waals surface area contributed by atoms with Crippen LogP contribution in [-0.2, 0) is 0 Å². The number of ether oxygens (including phenoxy) is 2. The molecule has 0 bridgehead atoms. The van der Waals surface area contributed by atoms with Crippen LogP contribution in [0.3, 0.4) is 0 Å². The summed E-state index contributed by atoms with van der Waals surface area (Å²) in [5, 5.41) is 9.67. The molecule has 1 aliphatic heterocycles. The molecule has 3 aromatic rings. The molecule has 0 fully saturated rings. The summed E-state index contributed by atoms with van der Waals surface area (Å²) < 4.78 is 10.7. The number of rotatable bonds is 3. The van der Waals surface area contributed by atoms with E-state index in [1.807, 2.05) is 19.1 Å². The monoisotopic (exact) mass is 338 g/mol.